The Balaban J connectivity index is 1.52. The maximum absolute atomic E-state index is 12.5. The molecule has 1 aromatic carbocycles. The molecule has 0 N–H and O–H groups in total. The highest BCUT2D eigenvalue weighted by Gasteiger charge is 2.24. The van der Waals surface area contributed by atoms with Crippen LogP contribution in [0.25, 0.3) is 0 Å². The van der Waals surface area contributed by atoms with E-state index in [-0.39, 0.29) is 11.5 Å². The van der Waals surface area contributed by atoms with Crippen LogP contribution in [0.5, 0.6) is 0 Å². The molecule has 2 aromatic rings. The molecule has 1 saturated heterocycles. The van der Waals surface area contributed by atoms with Gasteiger partial charge in [0.2, 0.25) is 0 Å². The fourth-order valence-electron chi connectivity index (χ4n) is 3.22. The van der Waals surface area contributed by atoms with Crippen LogP contribution >= 0.6 is 0 Å². The lowest BCUT2D eigenvalue weighted by atomic mass is 9.90. The highest BCUT2D eigenvalue weighted by atomic mass is 16.2. The lowest BCUT2D eigenvalue weighted by Gasteiger charge is -2.31. The molecule has 0 saturated carbocycles. The molecular weight excluding hydrogens is 302 g/mol. The molecule has 1 aliphatic rings. The minimum Gasteiger partial charge on any atom is -0.337 e. The first-order valence-corrected chi connectivity index (χ1v) is 8.51. The molecule has 126 valence electrons. The van der Waals surface area contributed by atoms with Gasteiger partial charge in [0.05, 0.1) is 0 Å². The van der Waals surface area contributed by atoms with Crippen molar-refractivity contribution in [3.8, 4) is 0 Å². The molecule has 0 aliphatic carbocycles. The van der Waals surface area contributed by atoms with Crippen molar-refractivity contribution in [2.24, 2.45) is 13.0 Å². The molecule has 0 unspecified atom stereocenters. The molecule has 2 heterocycles. The summed E-state index contributed by atoms with van der Waals surface area (Å²) in [5, 5.41) is 4.06. The SMILES string of the molecule is Cn1nc(C(=O)N2CCC(CCc3ccccc3)CC2)ccc1=O. The number of nitrogens with zero attached hydrogens (tertiary/aromatic N) is 3. The van der Waals surface area contributed by atoms with E-state index < -0.39 is 0 Å². The standard InChI is InChI=1S/C19H23N3O2/c1-21-18(23)10-9-17(20-21)19(24)22-13-11-16(12-14-22)8-7-15-5-3-2-4-6-15/h2-6,9-10,16H,7-8,11-14H2,1H3. The molecule has 0 spiro atoms. The number of benzene rings is 1. The third-order valence-corrected chi connectivity index (χ3v) is 4.77. The fraction of sp³-hybridized carbons (Fsp3) is 0.421. The maximum atomic E-state index is 12.5. The lowest BCUT2D eigenvalue weighted by Crippen LogP contribution is -2.39. The Labute approximate surface area is 141 Å². The quantitative estimate of drug-likeness (QED) is 0.866. The summed E-state index contributed by atoms with van der Waals surface area (Å²) < 4.78 is 1.21. The molecule has 3 rings (SSSR count). The van der Waals surface area contributed by atoms with Crippen molar-refractivity contribution in [3.63, 3.8) is 0 Å². The number of rotatable bonds is 4. The fourth-order valence-corrected chi connectivity index (χ4v) is 3.22. The van der Waals surface area contributed by atoms with Crippen LogP contribution in [-0.4, -0.2) is 33.7 Å². The Morgan fingerprint density at radius 3 is 2.50 bits per heavy atom. The molecule has 0 bridgehead atoms. The van der Waals surface area contributed by atoms with Gasteiger partial charge in [-0.05, 0) is 43.2 Å². The number of hydrogen-bond donors (Lipinski definition) is 0. The molecule has 1 amide bonds. The Kier molecular flexibility index (Phi) is 5.08. The van der Waals surface area contributed by atoms with Crippen LogP contribution in [0.15, 0.2) is 47.3 Å². The number of hydrogen-bond acceptors (Lipinski definition) is 3. The lowest BCUT2D eigenvalue weighted by molar-refractivity contribution is 0.0678. The normalized spacial score (nSPS) is 15.5. The molecule has 0 radical (unpaired) electrons. The average Bonchev–Trinajstić information content (AvgIpc) is 2.63. The van der Waals surface area contributed by atoms with E-state index >= 15 is 0 Å². The van der Waals surface area contributed by atoms with Gasteiger partial charge in [-0.3, -0.25) is 9.59 Å². The van der Waals surface area contributed by atoms with Crippen LogP contribution in [0.1, 0.15) is 35.3 Å². The summed E-state index contributed by atoms with van der Waals surface area (Å²) in [6.45, 7) is 1.53. The van der Waals surface area contributed by atoms with E-state index in [1.54, 1.807) is 7.05 Å². The number of carbonyl (C=O) groups excluding carboxylic acids is 1. The minimum atomic E-state index is -0.203. The first-order valence-electron chi connectivity index (χ1n) is 8.51. The second-order valence-electron chi connectivity index (χ2n) is 6.44. The van der Waals surface area contributed by atoms with Crippen molar-refractivity contribution in [1.29, 1.82) is 0 Å². The first kappa shape index (κ1) is 16.4. The van der Waals surface area contributed by atoms with Gasteiger partial charge in [-0.1, -0.05) is 30.3 Å². The highest BCUT2D eigenvalue weighted by Crippen LogP contribution is 2.23. The van der Waals surface area contributed by atoms with Crippen LogP contribution in [0.4, 0.5) is 0 Å². The summed E-state index contributed by atoms with van der Waals surface area (Å²) in [6.07, 6.45) is 4.33. The second kappa shape index (κ2) is 7.43. The minimum absolute atomic E-state index is 0.0768. The zero-order valence-electron chi connectivity index (χ0n) is 14.0. The van der Waals surface area contributed by atoms with E-state index in [1.807, 2.05) is 11.0 Å². The second-order valence-corrected chi connectivity index (χ2v) is 6.44. The van der Waals surface area contributed by atoms with Crippen molar-refractivity contribution in [2.75, 3.05) is 13.1 Å². The topological polar surface area (TPSA) is 55.2 Å². The van der Waals surface area contributed by atoms with Gasteiger partial charge in [0, 0.05) is 26.2 Å². The van der Waals surface area contributed by atoms with Gasteiger partial charge in [-0.15, -0.1) is 0 Å². The average molecular weight is 325 g/mol. The van der Waals surface area contributed by atoms with E-state index in [0.29, 0.717) is 11.6 Å². The van der Waals surface area contributed by atoms with Crippen molar-refractivity contribution < 1.29 is 4.79 Å². The third-order valence-electron chi connectivity index (χ3n) is 4.77. The van der Waals surface area contributed by atoms with Crippen LogP contribution in [0.2, 0.25) is 0 Å². The number of aromatic nitrogens is 2. The number of amides is 1. The zero-order valence-corrected chi connectivity index (χ0v) is 14.0. The molecule has 1 aromatic heterocycles. The van der Waals surface area contributed by atoms with Crippen molar-refractivity contribution in [2.45, 2.75) is 25.7 Å². The van der Waals surface area contributed by atoms with Crippen molar-refractivity contribution in [1.82, 2.24) is 14.7 Å². The number of piperidine rings is 1. The summed E-state index contributed by atoms with van der Waals surface area (Å²) in [5.41, 5.74) is 1.52. The summed E-state index contributed by atoms with van der Waals surface area (Å²) in [6, 6.07) is 13.5. The monoisotopic (exact) mass is 325 g/mol. The van der Waals surface area contributed by atoms with E-state index in [0.717, 1.165) is 32.4 Å². The van der Waals surface area contributed by atoms with E-state index in [4.69, 9.17) is 0 Å². The number of carbonyl (C=O) groups is 1. The summed E-state index contributed by atoms with van der Waals surface area (Å²) >= 11 is 0. The molecular formula is C19H23N3O2. The summed E-state index contributed by atoms with van der Waals surface area (Å²) in [4.78, 5) is 25.7. The predicted octanol–water partition coefficient (Wildman–Crippen LogP) is 2.27. The van der Waals surface area contributed by atoms with Gasteiger partial charge in [-0.25, -0.2) is 4.68 Å². The summed E-state index contributed by atoms with van der Waals surface area (Å²) in [7, 11) is 1.56. The molecule has 24 heavy (non-hydrogen) atoms. The molecule has 0 atom stereocenters. The van der Waals surface area contributed by atoms with Gasteiger partial charge < -0.3 is 4.90 Å². The van der Waals surface area contributed by atoms with Gasteiger partial charge >= 0.3 is 0 Å². The molecule has 1 fully saturated rings. The Morgan fingerprint density at radius 1 is 1.12 bits per heavy atom. The Hall–Kier alpha value is -2.43. The largest absolute Gasteiger partial charge is 0.337 e. The van der Waals surface area contributed by atoms with Crippen molar-refractivity contribution >= 4 is 5.91 Å². The molecule has 5 nitrogen and oxygen atoms in total. The van der Waals surface area contributed by atoms with Gasteiger partial charge in [0.1, 0.15) is 5.69 Å². The maximum Gasteiger partial charge on any atom is 0.274 e. The smallest absolute Gasteiger partial charge is 0.274 e. The van der Waals surface area contributed by atoms with Crippen molar-refractivity contribution in [3.05, 3.63) is 64.1 Å². The van der Waals surface area contributed by atoms with Gasteiger partial charge in [0.15, 0.2) is 0 Å². The Bertz CT molecular complexity index is 747. The van der Waals surface area contributed by atoms with E-state index in [2.05, 4.69) is 29.4 Å². The number of likely N-dealkylation sites (tertiary alicyclic amines) is 1. The Morgan fingerprint density at radius 2 is 1.83 bits per heavy atom. The first-order chi connectivity index (χ1) is 11.6. The highest BCUT2D eigenvalue weighted by molar-refractivity contribution is 5.92. The number of aryl methyl sites for hydroxylation is 2. The van der Waals surface area contributed by atoms with E-state index in [1.165, 1.54) is 28.8 Å². The molecule has 5 heteroatoms. The van der Waals surface area contributed by atoms with Crippen LogP contribution < -0.4 is 5.56 Å². The summed E-state index contributed by atoms with van der Waals surface area (Å²) in [5.74, 6) is 0.592. The predicted molar refractivity (Wildman–Crippen MR) is 92.9 cm³/mol. The molecule has 1 aliphatic heterocycles. The zero-order chi connectivity index (χ0) is 16.9. The van der Waals surface area contributed by atoms with Gasteiger partial charge in [0.25, 0.3) is 11.5 Å². The van der Waals surface area contributed by atoms with Crippen LogP contribution in [0, 0.1) is 5.92 Å². The third kappa shape index (κ3) is 3.91. The van der Waals surface area contributed by atoms with Gasteiger partial charge in [-0.2, -0.15) is 5.10 Å². The van der Waals surface area contributed by atoms with Crippen LogP contribution in [-0.2, 0) is 13.5 Å². The van der Waals surface area contributed by atoms with Crippen LogP contribution in [0.3, 0.4) is 0 Å². The van der Waals surface area contributed by atoms with E-state index in [9.17, 15) is 9.59 Å².